The van der Waals surface area contributed by atoms with Gasteiger partial charge >= 0.3 is 12.1 Å². The van der Waals surface area contributed by atoms with Crippen LogP contribution >= 0.6 is 0 Å². The summed E-state index contributed by atoms with van der Waals surface area (Å²) in [5.74, 6) is -1.16. The van der Waals surface area contributed by atoms with Gasteiger partial charge in [0.25, 0.3) is 0 Å². The molecule has 0 aliphatic heterocycles. The SMILES string of the molecule is CC(C)OC[C@@H](NC(=O)OCc1ccccc1)C(=O)O. The van der Waals surface area contributed by atoms with Crippen LogP contribution in [0.3, 0.4) is 0 Å². The third-order valence-corrected chi connectivity index (χ3v) is 2.40. The largest absolute Gasteiger partial charge is 0.480 e. The van der Waals surface area contributed by atoms with Gasteiger partial charge in [-0.2, -0.15) is 0 Å². The number of carboxylic acids is 1. The van der Waals surface area contributed by atoms with Crippen molar-refractivity contribution in [2.24, 2.45) is 0 Å². The third kappa shape index (κ3) is 6.19. The molecule has 0 aliphatic carbocycles. The van der Waals surface area contributed by atoms with Gasteiger partial charge in [0, 0.05) is 0 Å². The average Bonchev–Trinajstić information content (AvgIpc) is 2.41. The minimum Gasteiger partial charge on any atom is -0.480 e. The molecule has 0 heterocycles. The molecular weight excluding hydrogens is 262 g/mol. The Labute approximate surface area is 117 Å². The number of hydrogen-bond acceptors (Lipinski definition) is 4. The normalized spacial score (nSPS) is 11.9. The Morgan fingerprint density at radius 1 is 1.25 bits per heavy atom. The van der Waals surface area contributed by atoms with E-state index < -0.39 is 18.1 Å². The second kappa shape index (κ2) is 8.16. The van der Waals surface area contributed by atoms with Gasteiger partial charge < -0.3 is 19.9 Å². The smallest absolute Gasteiger partial charge is 0.408 e. The lowest BCUT2D eigenvalue weighted by Crippen LogP contribution is -2.44. The molecule has 0 radical (unpaired) electrons. The van der Waals surface area contributed by atoms with E-state index in [-0.39, 0.29) is 19.3 Å². The maximum absolute atomic E-state index is 11.5. The van der Waals surface area contributed by atoms with E-state index in [9.17, 15) is 9.59 Å². The summed E-state index contributed by atoms with van der Waals surface area (Å²) in [6, 6.07) is 8.00. The second-order valence-corrected chi connectivity index (χ2v) is 4.48. The maximum Gasteiger partial charge on any atom is 0.408 e. The highest BCUT2D eigenvalue weighted by Crippen LogP contribution is 2.01. The lowest BCUT2D eigenvalue weighted by atomic mass is 10.2. The molecule has 2 N–H and O–H groups in total. The Morgan fingerprint density at radius 3 is 2.45 bits per heavy atom. The molecule has 0 unspecified atom stereocenters. The Morgan fingerprint density at radius 2 is 1.90 bits per heavy atom. The summed E-state index contributed by atoms with van der Waals surface area (Å²) < 4.78 is 10.1. The molecule has 0 aliphatic rings. The van der Waals surface area contributed by atoms with Crippen LogP contribution in [-0.4, -0.2) is 35.9 Å². The van der Waals surface area contributed by atoms with Crippen LogP contribution in [0.15, 0.2) is 30.3 Å². The van der Waals surface area contributed by atoms with Crippen molar-refractivity contribution in [2.75, 3.05) is 6.61 Å². The van der Waals surface area contributed by atoms with E-state index in [4.69, 9.17) is 14.6 Å². The number of hydrogen-bond donors (Lipinski definition) is 2. The molecule has 0 bridgehead atoms. The highest BCUT2D eigenvalue weighted by molar-refractivity contribution is 5.80. The summed E-state index contributed by atoms with van der Waals surface area (Å²) in [6.45, 7) is 3.55. The summed E-state index contributed by atoms with van der Waals surface area (Å²) in [5, 5.41) is 11.2. The molecule has 1 amide bonds. The number of aliphatic carboxylic acids is 1. The molecular formula is C14H19NO5. The molecule has 0 aromatic heterocycles. The van der Waals surface area contributed by atoms with Gasteiger partial charge in [-0.25, -0.2) is 9.59 Å². The second-order valence-electron chi connectivity index (χ2n) is 4.48. The Balaban J connectivity index is 2.40. The minimum atomic E-state index is -1.16. The van der Waals surface area contributed by atoms with Crippen molar-refractivity contribution >= 4 is 12.1 Å². The Bertz CT molecular complexity index is 432. The zero-order valence-electron chi connectivity index (χ0n) is 11.5. The fraction of sp³-hybridized carbons (Fsp3) is 0.429. The standard InChI is InChI=1S/C14H19NO5/c1-10(2)19-9-12(13(16)17)15-14(18)20-8-11-6-4-3-5-7-11/h3-7,10,12H,8-9H2,1-2H3,(H,15,18)(H,16,17)/t12-/m1/s1. The van der Waals surface area contributed by atoms with Gasteiger partial charge in [-0.05, 0) is 19.4 Å². The van der Waals surface area contributed by atoms with Crippen molar-refractivity contribution in [3.63, 3.8) is 0 Å². The fourth-order valence-corrected chi connectivity index (χ4v) is 1.37. The van der Waals surface area contributed by atoms with Gasteiger partial charge in [0.1, 0.15) is 6.61 Å². The Hall–Kier alpha value is -2.08. The van der Waals surface area contributed by atoms with Crippen molar-refractivity contribution in [1.82, 2.24) is 5.32 Å². The van der Waals surface area contributed by atoms with E-state index in [1.165, 1.54) is 0 Å². The van der Waals surface area contributed by atoms with Crippen molar-refractivity contribution in [2.45, 2.75) is 32.6 Å². The van der Waals surface area contributed by atoms with Crippen molar-refractivity contribution in [1.29, 1.82) is 0 Å². The highest BCUT2D eigenvalue weighted by Gasteiger charge is 2.21. The fourth-order valence-electron chi connectivity index (χ4n) is 1.37. The number of benzene rings is 1. The van der Waals surface area contributed by atoms with E-state index in [0.29, 0.717) is 0 Å². The maximum atomic E-state index is 11.5. The summed E-state index contributed by atoms with van der Waals surface area (Å²) >= 11 is 0. The van der Waals surface area contributed by atoms with Crippen LogP contribution in [0, 0.1) is 0 Å². The monoisotopic (exact) mass is 281 g/mol. The number of carbonyl (C=O) groups excluding carboxylic acids is 1. The summed E-state index contributed by atoms with van der Waals surface area (Å²) in [7, 11) is 0. The van der Waals surface area contributed by atoms with Crippen LogP contribution in [0.5, 0.6) is 0 Å². The summed E-state index contributed by atoms with van der Waals surface area (Å²) in [4.78, 5) is 22.5. The number of nitrogens with one attached hydrogen (secondary N) is 1. The van der Waals surface area contributed by atoms with Crippen molar-refractivity contribution in [3.8, 4) is 0 Å². The molecule has 1 rings (SSSR count). The number of carboxylic acid groups (broad SMARTS) is 1. The van der Waals surface area contributed by atoms with Crippen LogP contribution in [0.1, 0.15) is 19.4 Å². The molecule has 20 heavy (non-hydrogen) atoms. The van der Waals surface area contributed by atoms with E-state index in [1.54, 1.807) is 13.8 Å². The van der Waals surface area contributed by atoms with Crippen molar-refractivity contribution < 1.29 is 24.2 Å². The Kier molecular flexibility index (Phi) is 6.52. The average molecular weight is 281 g/mol. The highest BCUT2D eigenvalue weighted by atomic mass is 16.5. The zero-order valence-corrected chi connectivity index (χ0v) is 11.5. The first kappa shape index (κ1) is 16.0. The van der Waals surface area contributed by atoms with Crippen LogP contribution in [0.4, 0.5) is 4.79 Å². The molecule has 6 heteroatoms. The van der Waals surface area contributed by atoms with E-state index in [2.05, 4.69) is 5.32 Å². The van der Waals surface area contributed by atoms with Crippen LogP contribution in [0.25, 0.3) is 0 Å². The van der Waals surface area contributed by atoms with E-state index in [1.807, 2.05) is 30.3 Å². The van der Waals surface area contributed by atoms with Crippen LogP contribution in [0.2, 0.25) is 0 Å². The molecule has 1 aromatic carbocycles. The first-order chi connectivity index (χ1) is 9.49. The molecule has 6 nitrogen and oxygen atoms in total. The first-order valence-electron chi connectivity index (χ1n) is 6.30. The number of alkyl carbamates (subject to hydrolysis) is 1. The van der Waals surface area contributed by atoms with E-state index in [0.717, 1.165) is 5.56 Å². The van der Waals surface area contributed by atoms with Crippen LogP contribution < -0.4 is 5.32 Å². The molecule has 1 atom stereocenters. The number of amides is 1. The number of carbonyl (C=O) groups is 2. The summed E-state index contributed by atoms with van der Waals surface area (Å²) in [5.41, 5.74) is 0.827. The van der Waals surface area contributed by atoms with Crippen LogP contribution in [-0.2, 0) is 20.9 Å². The van der Waals surface area contributed by atoms with Crippen molar-refractivity contribution in [3.05, 3.63) is 35.9 Å². The summed E-state index contributed by atoms with van der Waals surface area (Å²) in [6.07, 6.45) is -0.896. The number of rotatable bonds is 7. The lowest BCUT2D eigenvalue weighted by molar-refractivity contribution is -0.141. The van der Waals surface area contributed by atoms with Gasteiger partial charge in [-0.3, -0.25) is 0 Å². The van der Waals surface area contributed by atoms with Gasteiger partial charge in [0.15, 0.2) is 6.04 Å². The zero-order chi connectivity index (χ0) is 15.0. The third-order valence-electron chi connectivity index (χ3n) is 2.40. The lowest BCUT2D eigenvalue weighted by Gasteiger charge is -2.16. The van der Waals surface area contributed by atoms with E-state index >= 15 is 0 Å². The van der Waals surface area contributed by atoms with Gasteiger partial charge in [-0.15, -0.1) is 0 Å². The predicted octanol–water partition coefficient (Wildman–Crippen LogP) is 1.79. The predicted molar refractivity (Wildman–Crippen MR) is 72.3 cm³/mol. The minimum absolute atomic E-state index is 0.0874. The number of ether oxygens (including phenoxy) is 2. The van der Waals surface area contributed by atoms with Gasteiger partial charge in [0.2, 0.25) is 0 Å². The molecule has 0 spiro atoms. The molecule has 110 valence electrons. The molecule has 0 saturated carbocycles. The van der Waals surface area contributed by atoms with Gasteiger partial charge in [0.05, 0.1) is 12.7 Å². The molecule has 0 saturated heterocycles. The molecule has 1 aromatic rings. The van der Waals surface area contributed by atoms with Gasteiger partial charge in [-0.1, -0.05) is 30.3 Å². The first-order valence-corrected chi connectivity index (χ1v) is 6.30. The molecule has 0 fully saturated rings. The topological polar surface area (TPSA) is 84.9 Å². The quantitative estimate of drug-likeness (QED) is 0.796.